The zero-order chi connectivity index (χ0) is 12.9. The summed E-state index contributed by atoms with van der Waals surface area (Å²) in [6, 6.07) is 4.50. The monoisotopic (exact) mass is 243 g/mol. The van der Waals surface area contributed by atoms with Crippen LogP contribution in [0.3, 0.4) is 0 Å². The molecule has 3 nitrogen and oxygen atoms in total. The highest BCUT2D eigenvalue weighted by Crippen LogP contribution is 2.29. The first-order valence-electron chi connectivity index (χ1n) is 4.58. The highest BCUT2D eigenvalue weighted by atomic mass is 19.4. The first-order valence-corrected chi connectivity index (χ1v) is 4.58. The number of alkyl halides is 3. The average Bonchev–Trinajstić information content (AvgIpc) is 2.26. The van der Waals surface area contributed by atoms with E-state index >= 15 is 0 Å². The van der Waals surface area contributed by atoms with E-state index in [1.54, 1.807) is 0 Å². The lowest BCUT2D eigenvalue weighted by Crippen LogP contribution is -2.08. The molecule has 1 rings (SSSR count). The fraction of sp³-hybridized carbons (Fsp3) is 0.273. The van der Waals surface area contributed by atoms with Gasteiger partial charge in [0.05, 0.1) is 5.56 Å². The Morgan fingerprint density at radius 2 is 2.12 bits per heavy atom. The quantitative estimate of drug-likeness (QED) is 0.603. The summed E-state index contributed by atoms with van der Waals surface area (Å²) in [7, 11) is 0. The molecule has 0 saturated carbocycles. The topological polar surface area (TPSA) is 30.7 Å². The summed E-state index contributed by atoms with van der Waals surface area (Å²) in [5.74, 6) is -0.752. The molecule has 0 heterocycles. The van der Waals surface area contributed by atoms with Gasteiger partial charge < -0.3 is 9.58 Å². The van der Waals surface area contributed by atoms with Crippen molar-refractivity contribution in [3.63, 3.8) is 0 Å². The van der Waals surface area contributed by atoms with Gasteiger partial charge in [-0.15, -0.1) is 0 Å². The molecule has 0 aliphatic rings. The molecular weight excluding hydrogens is 235 g/mol. The Labute approximate surface area is 95.6 Å². The van der Waals surface area contributed by atoms with Crippen LogP contribution >= 0.6 is 0 Å². The van der Waals surface area contributed by atoms with E-state index in [0.717, 1.165) is 12.1 Å². The van der Waals surface area contributed by atoms with E-state index in [4.69, 9.17) is 6.57 Å². The zero-order valence-electron chi connectivity index (χ0n) is 8.62. The number of carbonyl (C=O) groups is 1. The minimum absolute atomic E-state index is 0.234. The van der Waals surface area contributed by atoms with Gasteiger partial charge in [0.15, 0.2) is 0 Å². The molecule has 0 radical (unpaired) electrons. The van der Waals surface area contributed by atoms with Gasteiger partial charge in [-0.25, -0.2) is 11.4 Å². The molecule has 0 fully saturated rings. The molecule has 0 aliphatic carbocycles. The molecular formula is C11H8F3NO2. The van der Waals surface area contributed by atoms with Gasteiger partial charge in [0.25, 0.3) is 0 Å². The van der Waals surface area contributed by atoms with Gasteiger partial charge in [-0.05, 0) is 17.7 Å². The Kier molecular flexibility index (Phi) is 4.10. The van der Waals surface area contributed by atoms with E-state index < -0.39 is 24.3 Å². The molecule has 17 heavy (non-hydrogen) atoms. The Bertz CT molecular complexity index is 449. The summed E-state index contributed by atoms with van der Waals surface area (Å²) in [6.07, 6.45) is -4.42. The third kappa shape index (κ3) is 4.15. The lowest BCUT2D eigenvalue weighted by Gasteiger charge is -2.08. The highest BCUT2D eigenvalue weighted by Gasteiger charge is 2.30. The van der Waals surface area contributed by atoms with Gasteiger partial charge in [-0.2, -0.15) is 13.2 Å². The van der Waals surface area contributed by atoms with Crippen LogP contribution in [0.25, 0.3) is 4.85 Å². The number of hydrogen-bond donors (Lipinski definition) is 0. The Morgan fingerprint density at radius 1 is 1.41 bits per heavy atom. The highest BCUT2D eigenvalue weighted by molar-refractivity contribution is 5.73. The van der Waals surface area contributed by atoms with Crippen molar-refractivity contribution in [1.29, 1.82) is 0 Å². The number of esters is 1. The number of hydrogen-bond acceptors (Lipinski definition) is 2. The SMILES string of the molecule is [C-]#[N+]CC(=O)OCc1cccc(C(F)(F)F)c1. The summed E-state index contributed by atoms with van der Waals surface area (Å²) >= 11 is 0. The maximum Gasteiger partial charge on any atom is 0.416 e. The predicted molar refractivity (Wildman–Crippen MR) is 52.7 cm³/mol. The largest absolute Gasteiger partial charge is 0.455 e. The summed E-state index contributed by atoms with van der Waals surface area (Å²) in [5.41, 5.74) is -0.561. The van der Waals surface area contributed by atoms with Gasteiger partial charge >= 0.3 is 18.7 Å². The standard InChI is InChI=1S/C11H8F3NO2/c1-15-6-10(16)17-7-8-3-2-4-9(5-8)11(12,13)14/h2-5H,6-7H2. The number of ether oxygens (including phenoxy) is 1. The minimum atomic E-state index is -4.42. The summed E-state index contributed by atoms with van der Waals surface area (Å²) in [6.45, 7) is 5.71. The van der Waals surface area contributed by atoms with Crippen LogP contribution in [0.2, 0.25) is 0 Å². The Morgan fingerprint density at radius 3 is 2.71 bits per heavy atom. The van der Waals surface area contributed by atoms with Crippen molar-refractivity contribution in [2.24, 2.45) is 0 Å². The van der Waals surface area contributed by atoms with E-state index in [9.17, 15) is 18.0 Å². The van der Waals surface area contributed by atoms with Crippen LogP contribution in [0, 0.1) is 6.57 Å². The van der Waals surface area contributed by atoms with Crippen LogP contribution < -0.4 is 0 Å². The third-order valence-corrected chi connectivity index (χ3v) is 1.86. The van der Waals surface area contributed by atoms with Crippen molar-refractivity contribution in [2.45, 2.75) is 12.8 Å². The summed E-state index contributed by atoms with van der Waals surface area (Å²) in [5, 5.41) is 0. The van der Waals surface area contributed by atoms with E-state index in [1.807, 2.05) is 0 Å². The van der Waals surface area contributed by atoms with E-state index in [1.165, 1.54) is 12.1 Å². The van der Waals surface area contributed by atoms with E-state index in [0.29, 0.717) is 0 Å². The molecule has 1 aromatic carbocycles. The second-order valence-corrected chi connectivity index (χ2v) is 3.18. The van der Waals surface area contributed by atoms with Gasteiger partial charge in [0.1, 0.15) is 6.61 Å². The van der Waals surface area contributed by atoms with Gasteiger partial charge in [-0.3, -0.25) is 0 Å². The first-order chi connectivity index (χ1) is 7.93. The Hall–Kier alpha value is -2.03. The van der Waals surface area contributed by atoms with Gasteiger partial charge in [0, 0.05) is 0 Å². The number of carbonyl (C=O) groups excluding carboxylic acids is 1. The predicted octanol–water partition coefficient (Wildman–Crippen LogP) is 2.67. The average molecular weight is 243 g/mol. The van der Waals surface area contributed by atoms with E-state index in [2.05, 4.69) is 9.58 Å². The second kappa shape index (κ2) is 5.34. The summed E-state index contributed by atoms with van der Waals surface area (Å²) < 4.78 is 41.6. The van der Waals surface area contributed by atoms with Crippen molar-refractivity contribution in [3.05, 3.63) is 46.8 Å². The number of halogens is 3. The molecule has 0 aliphatic heterocycles. The number of rotatable bonds is 3. The maximum absolute atomic E-state index is 12.3. The fourth-order valence-corrected chi connectivity index (χ4v) is 1.11. The van der Waals surface area contributed by atoms with Crippen molar-refractivity contribution in [2.75, 3.05) is 6.54 Å². The molecule has 0 aromatic heterocycles. The van der Waals surface area contributed by atoms with Crippen LogP contribution in [0.4, 0.5) is 13.2 Å². The zero-order valence-corrected chi connectivity index (χ0v) is 8.62. The van der Waals surface area contributed by atoms with Crippen molar-refractivity contribution >= 4 is 5.97 Å². The molecule has 0 N–H and O–H groups in total. The second-order valence-electron chi connectivity index (χ2n) is 3.18. The van der Waals surface area contributed by atoms with Crippen molar-refractivity contribution < 1.29 is 22.7 Å². The molecule has 0 saturated heterocycles. The molecule has 0 amide bonds. The normalized spacial score (nSPS) is 10.7. The molecule has 0 unspecified atom stereocenters. The van der Waals surface area contributed by atoms with Crippen LogP contribution in [0.15, 0.2) is 24.3 Å². The van der Waals surface area contributed by atoms with Crippen LogP contribution in [0.1, 0.15) is 11.1 Å². The van der Waals surface area contributed by atoms with Gasteiger partial charge in [0.2, 0.25) is 0 Å². The van der Waals surface area contributed by atoms with Crippen molar-refractivity contribution in [3.8, 4) is 0 Å². The molecule has 0 atom stereocenters. The summed E-state index contributed by atoms with van der Waals surface area (Å²) in [4.78, 5) is 13.6. The van der Waals surface area contributed by atoms with Crippen LogP contribution in [-0.2, 0) is 22.3 Å². The molecule has 1 aromatic rings. The lowest BCUT2D eigenvalue weighted by molar-refractivity contribution is -0.142. The molecule has 0 bridgehead atoms. The van der Waals surface area contributed by atoms with Crippen LogP contribution in [0.5, 0.6) is 0 Å². The smallest absolute Gasteiger partial charge is 0.416 e. The molecule has 6 heteroatoms. The molecule has 0 spiro atoms. The number of nitrogens with zero attached hydrogens (tertiary/aromatic N) is 1. The fourth-order valence-electron chi connectivity index (χ4n) is 1.11. The Balaban J connectivity index is 2.67. The number of benzene rings is 1. The first kappa shape index (κ1) is 13.0. The lowest BCUT2D eigenvalue weighted by atomic mass is 10.1. The minimum Gasteiger partial charge on any atom is -0.455 e. The molecule has 90 valence electrons. The van der Waals surface area contributed by atoms with E-state index in [-0.39, 0.29) is 12.2 Å². The van der Waals surface area contributed by atoms with Crippen molar-refractivity contribution in [1.82, 2.24) is 0 Å². The maximum atomic E-state index is 12.3. The van der Waals surface area contributed by atoms with Crippen LogP contribution in [-0.4, -0.2) is 12.5 Å². The third-order valence-electron chi connectivity index (χ3n) is 1.86. The van der Waals surface area contributed by atoms with Gasteiger partial charge in [-0.1, -0.05) is 12.1 Å².